The Morgan fingerprint density at radius 1 is 1.12 bits per heavy atom. The van der Waals surface area contributed by atoms with Crippen LogP contribution in [-0.2, 0) is 14.8 Å². The third-order valence-corrected chi connectivity index (χ3v) is 5.00. The molecular weight excluding hydrogens is 355 g/mol. The van der Waals surface area contributed by atoms with Crippen molar-refractivity contribution in [2.24, 2.45) is 0 Å². The molecule has 0 saturated carbocycles. The monoisotopic (exact) mass is 370 g/mol. The molecular formula is C16H16ClFN2O3S. The summed E-state index contributed by atoms with van der Waals surface area (Å²) in [4.78, 5) is 13.2. The summed E-state index contributed by atoms with van der Waals surface area (Å²) in [6.45, 7) is 1.56. The van der Waals surface area contributed by atoms with Gasteiger partial charge in [-0.2, -0.15) is 0 Å². The highest BCUT2D eigenvalue weighted by molar-refractivity contribution is 7.89. The zero-order chi connectivity index (χ0) is 17.7. The van der Waals surface area contributed by atoms with E-state index in [0.29, 0.717) is 10.7 Å². The third kappa shape index (κ3) is 4.77. The van der Waals surface area contributed by atoms with Crippen LogP contribution in [0.4, 0.5) is 10.1 Å². The first kappa shape index (κ1) is 18.4. The number of nitrogens with one attached hydrogen (secondary N) is 1. The van der Waals surface area contributed by atoms with Gasteiger partial charge >= 0.3 is 0 Å². The minimum atomic E-state index is -3.76. The number of amides is 1. The van der Waals surface area contributed by atoms with Crippen molar-refractivity contribution < 1.29 is 17.6 Å². The number of carbonyl (C=O) groups excluding carboxylic acids is 1. The molecule has 0 aromatic heterocycles. The zero-order valence-corrected chi connectivity index (χ0v) is 14.4. The van der Waals surface area contributed by atoms with Crippen LogP contribution in [0.15, 0.2) is 53.4 Å². The van der Waals surface area contributed by atoms with E-state index < -0.39 is 15.8 Å². The van der Waals surface area contributed by atoms with E-state index in [0.717, 1.165) is 12.1 Å². The Kier molecular flexibility index (Phi) is 5.93. The molecule has 8 heteroatoms. The van der Waals surface area contributed by atoms with E-state index in [4.69, 9.17) is 11.6 Å². The van der Waals surface area contributed by atoms with Crippen LogP contribution in [0.1, 0.15) is 6.92 Å². The Morgan fingerprint density at radius 2 is 1.71 bits per heavy atom. The first-order chi connectivity index (χ1) is 11.3. The van der Waals surface area contributed by atoms with Crippen LogP contribution in [0.2, 0.25) is 5.02 Å². The van der Waals surface area contributed by atoms with Gasteiger partial charge in [-0.25, -0.2) is 17.5 Å². The molecule has 24 heavy (non-hydrogen) atoms. The fraction of sp³-hybridized carbons (Fsp3) is 0.188. The highest BCUT2D eigenvalue weighted by Gasteiger charge is 2.16. The number of hydrogen-bond acceptors (Lipinski definition) is 3. The first-order valence-corrected chi connectivity index (χ1v) is 8.94. The highest BCUT2D eigenvalue weighted by Crippen LogP contribution is 2.18. The van der Waals surface area contributed by atoms with Crippen molar-refractivity contribution in [3.8, 4) is 0 Å². The normalized spacial score (nSPS) is 11.3. The van der Waals surface area contributed by atoms with Crippen LogP contribution in [0.3, 0.4) is 0 Å². The van der Waals surface area contributed by atoms with Gasteiger partial charge in [0.25, 0.3) is 0 Å². The van der Waals surface area contributed by atoms with Crippen LogP contribution in [0.25, 0.3) is 0 Å². The van der Waals surface area contributed by atoms with E-state index in [9.17, 15) is 17.6 Å². The van der Waals surface area contributed by atoms with Crippen molar-refractivity contribution >= 4 is 33.2 Å². The summed E-state index contributed by atoms with van der Waals surface area (Å²) >= 11 is 5.82. The van der Waals surface area contributed by atoms with Crippen LogP contribution in [0, 0.1) is 5.82 Å². The van der Waals surface area contributed by atoms with Gasteiger partial charge in [0, 0.05) is 30.7 Å². The standard InChI is InChI=1S/C16H16ClFN2O3S/c1-12(21)20(15-6-2-13(17)3-7-15)11-10-19-24(22,23)16-8-4-14(18)5-9-16/h2-9,19H,10-11H2,1H3. The molecule has 2 aromatic carbocycles. The third-order valence-electron chi connectivity index (χ3n) is 3.27. The minimum absolute atomic E-state index is 0.0158. The molecule has 0 aliphatic carbocycles. The largest absolute Gasteiger partial charge is 0.311 e. The summed E-state index contributed by atoms with van der Waals surface area (Å²) in [5.41, 5.74) is 0.618. The topological polar surface area (TPSA) is 66.5 Å². The van der Waals surface area contributed by atoms with Gasteiger partial charge in [-0.15, -0.1) is 0 Å². The summed E-state index contributed by atoms with van der Waals surface area (Å²) < 4.78 is 39.5. The summed E-state index contributed by atoms with van der Waals surface area (Å²) in [6.07, 6.45) is 0. The molecule has 1 N–H and O–H groups in total. The van der Waals surface area contributed by atoms with E-state index in [2.05, 4.69) is 4.72 Å². The second-order valence-electron chi connectivity index (χ2n) is 5.00. The molecule has 2 aromatic rings. The lowest BCUT2D eigenvalue weighted by Crippen LogP contribution is -2.37. The van der Waals surface area contributed by atoms with E-state index in [-0.39, 0.29) is 23.9 Å². The molecule has 0 atom stereocenters. The summed E-state index contributed by atoms with van der Waals surface area (Å²) in [7, 11) is -3.76. The van der Waals surface area contributed by atoms with E-state index in [1.54, 1.807) is 24.3 Å². The molecule has 2 rings (SSSR count). The minimum Gasteiger partial charge on any atom is -0.311 e. The second kappa shape index (κ2) is 7.74. The number of nitrogens with zero attached hydrogens (tertiary/aromatic N) is 1. The quantitative estimate of drug-likeness (QED) is 0.850. The number of hydrogen-bond donors (Lipinski definition) is 1. The van der Waals surface area contributed by atoms with Crippen molar-refractivity contribution in [1.29, 1.82) is 0 Å². The van der Waals surface area contributed by atoms with Crippen molar-refractivity contribution in [3.05, 3.63) is 59.4 Å². The van der Waals surface area contributed by atoms with Crippen LogP contribution in [-0.4, -0.2) is 27.4 Å². The molecule has 0 unspecified atom stereocenters. The zero-order valence-electron chi connectivity index (χ0n) is 12.9. The fourth-order valence-electron chi connectivity index (χ4n) is 2.08. The molecule has 1 amide bonds. The van der Waals surface area contributed by atoms with Gasteiger partial charge in [0.2, 0.25) is 15.9 Å². The van der Waals surface area contributed by atoms with Crippen molar-refractivity contribution in [2.45, 2.75) is 11.8 Å². The van der Waals surface area contributed by atoms with E-state index >= 15 is 0 Å². The molecule has 0 aliphatic heterocycles. The van der Waals surface area contributed by atoms with E-state index in [1.165, 1.54) is 24.0 Å². The SMILES string of the molecule is CC(=O)N(CCNS(=O)(=O)c1ccc(F)cc1)c1ccc(Cl)cc1. The average molecular weight is 371 g/mol. The summed E-state index contributed by atoms with van der Waals surface area (Å²) in [5, 5.41) is 0.541. The number of benzene rings is 2. The maximum Gasteiger partial charge on any atom is 0.240 e. The summed E-state index contributed by atoms with van der Waals surface area (Å²) in [6, 6.07) is 11.2. The predicted molar refractivity (Wildman–Crippen MR) is 91.1 cm³/mol. The predicted octanol–water partition coefficient (Wildman–Crippen LogP) is 2.81. The Bertz CT molecular complexity index is 808. The smallest absolute Gasteiger partial charge is 0.240 e. The maximum atomic E-state index is 12.9. The number of halogens is 2. The van der Waals surface area contributed by atoms with Gasteiger partial charge in [0.05, 0.1) is 4.90 Å². The van der Waals surface area contributed by atoms with Crippen LogP contribution < -0.4 is 9.62 Å². The molecule has 5 nitrogen and oxygen atoms in total. The lowest BCUT2D eigenvalue weighted by Gasteiger charge is -2.21. The Hall–Kier alpha value is -1.96. The molecule has 0 aliphatic rings. The van der Waals surface area contributed by atoms with Gasteiger partial charge in [-0.05, 0) is 48.5 Å². The second-order valence-corrected chi connectivity index (χ2v) is 7.20. The maximum absolute atomic E-state index is 12.9. The van der Waals surface area contributed by atoms with E-state index in [1.807, 2.05) is 0 Å². The van der Waals surface area contributed by atoms with Crippen molar-refractivity contribution in [1.82, 2.24) is 4.72 Å². The molecule has 0 spiro atoms. The lowest BCUT2D eigenvalue weighted by molar-refractivity contribution is -0.116. The number of carbonyl (C=O) groups is 1. The van der Waals surface area contributed by atoms with Gasteiger partial charge in [0.15, 0.2) is 0 Å². The number of sulfonamides is 1. The van der Waals surface area contributed by atoms with Crippen molar-refractivity contribution in [3.63, 3.8) is 0 Å². The highest BCUT2D eigenvalue weighted by atomic mass is 35.5. The molecule has 0 fully saturated rings. The fourth-order valence-corrected chi connectivity index (χ4v) is 3.23. The number of rotatable bonds is 6. The van der Waals surface area contributed by atoms with Gasteiger partial charge in [-0.3, -0.25) is 4.79 Å². The Morgan fingerprint density at radius 3 is 2.25 bits per heavy atom. The van der Waals surface area contributed by atoms with Gasteiger partial charge < -0.3 is 4.90 Å². The Balaban J connectivity index is 2.03. The molecule has 0 radical (unpaired) electrons. The average Bonchev–Trinajstić information content (AvgIpc) is 2.53. The Labute approximate surface area is 145 Å². The molecule has 0 bridgehead atoms. The van der Waals surface area contributed by atoms with Crippen LogP contribution in [0.5, 0.6) is 0 Å². The van der Waals surface area contributed by atoms with Gasteiger partial charge in [0.1, 0.15) is 5.82 Å². The lowest BCUT2D eigenvalue weighted by atomic mass is 10.3. The first-order valence-electron chi connectivity index (χ1n) is 7.08. The van der Waals surface area contributed by atoms with Gasteiger partial charge in [-0.1, -0.05) is 11.6 Å². The molecule has 0 saturated heterocycles. The molecule has 0 heterocycles. The number of anilines is 1. The summed E-state index contributed by atoms with van der Waals surface area (Å²) in [5.74, 6) is -0.738. The molecule has 128 valence electrons. The van der Waals surface area contributed by atoms with Crippen LogP contribution >= 0.6 is 11.6 Å². The van der Waals surface area contributed by atoms with Crippen molar-refractivity contribution in [2.75, 3.05) is 18.0 Å².